The Hall–Kier alpha value is -1.59. The summed E-state index contributed by atoms with van der Waals surface area (Å²) >= 11 is 0. The zero-order chi connectivity index (χ0) is 14.4. The van der Waals surface area contributed by atoms with Crippen LogP contribution in [0.4, 0.5) is 5.69 Å². The molecule has 0 bridgehead atoms. The summed E-state index contributed by atoms with van der Waals surface area (Å²) in [6, 6.07) is 5.30. The zero-order valence-electron chi connectivity index (χ0n) is 11.8. The quantitative estimate of drug-likeness (QED) is 0.520. The van der Waals surface area contributed by atoms with Gasteiger partial charge in [-0.05, 0) is 37.6 Å². The lowest BCUT2D eigenvalue weighted by Crippen LogP contribution is -2.37. The molecule has 3 N–H and O–H groups in total. The van der Waals surface area contributed by atoms with E-state index in [9.17, 15) is 4.79 Å². The van der Waals surface area contributed by atoms with Crippen molar-refractivity contribution in [2.45, 2.75) is 25.8 Å². The summed E-state index contributed by atoms with van der Waals surface area (Å²) in [6.07, 6.45) is 1.38. The van der Waals surface area contributed by atoms with Crippen LogP contribution in [0.25, 0.3) is 0 Å². The predicted molar refractivity (Wildman–Crippen MR) is 78.5 cm³/mol. The molecule has 20 heavy (non-hydrogen) atoms. The lowest BCUT2D eigenvalue weighted by atomic mass is 10.0. The van der Waals surface area contributed by atoms with Crippen molar-refractivity contribution in [3.05, 3.63) is 23.8 Å². The first-order valence-electron chi connectivity index (χ1n) is 7.15. The van der Waals surface area contributed by atoms with E-state index >= 15 is 0 Å². The molecule has 1 aromatic carbocycles. The number of rotatable bonds is 7. The van der Waals surface area contributed by atoms with Gasteiger partial charge in [-0.25, -0.2) is 0 Å². The standard InChI is InChI=1S/C15H22N2O3/c1-2-12(16-6-3-8-18)15(19)11-4-5-14-13(10-11)17-7-9-20-14/h4-5,10,12,16-18H,2-3,6-9H2,1H3. The number of Topliss-reactive ketones (excluding diaryl/α,β-unsaturated/α-hetero) is 1. The molecule has 0 fully saturated rings. The summed E-state index contributed by atoms with van der Waals surface area (Å²) in [5, 5.41) is 15.2. The van der Waals surface area contributed by atoms with E-state index in [4.69, 9.17) is 9.84 Å². The fourth-order valence-electron chi connectivity index (χ4n) is 2.27. The van der Waals surface area contributed by atoms with E-state index in [0.29, 0.717) is 25.1 Å². The number of benzene rings is 1. The lowest BCUT2D eigenvalue weighted by molar-refractivity contribution is 0.0939. The van der Waals surface area contributed by atoms with Crippen LogP contribution in [0.15, 0.2) is 18.2 Å². The molecule has 1 unspecified atom stereocenters. The minimum atomic E-state index is -0.205. The van der Waals surface area contributed by atoms with E-state index < -0.39 is 0 Å². The van der Waals surface area contributed by atoms with E-state index in [1.165, 1.54) is 0 Å². The number of fused-ring (bicyclic) bond motifs is 1. The molecule has 1 aromatic rings. The average Bonchev–Trinajstić information content (AvgIpc) is 2.50. The molecule has 0 saturated heterocycles. The molecule has 2 rings (SSSR count). The fraction of sp³-hybridized carbons (Fsp3) is 0.533. The SMILES string of the molecule is CCC(NCCCO)C(=O)c1ccc2c(c1)NCCO2. The van der Waals surface area contributed by atoms with Gasteiger partial charge < -0.3 is 20.5 Å². The first-order chi connectivity index (χ1) is 9.76. The fourth-order valence-corrected chi connectivity index (χ4v) is 2.27. The summed E-state index contributed by atoms with van der Waals surface area (Å²) < 4.78 is 5.51. The van der Waals surface area contributed by atoms with Gasteiger partial charge in [0, 0.05) is 18.7 Å². The van der Waals surface area contributed by atoms with Crippen LogP contribution in [0, 0.1) is 0 Å². The zero-order valence-corrected chi connectivity index (χ0v) is 11.8. The van der Waals surface area contributed by atoms with Gasteiger partial charge in [0.15, 0.2) is 5.78 Å². The Balaban J connectivity index is 2.06. The van der Waals surface area contributed by atoms with Crippen LogP contribution in [0.1, 0.15) is 30.1 Å². The van der Waals surface area contributed by atoms with Gasteiger partial charge in [0.05, 0.1) is 11.7 Å². The monoisotopic (exact) mass is 278 g/mol. The Morgan fingerprint density at radius 1 is 1.55 bits per heavy atom. The van der Waals surface area contributed by atoms with E-state index in [-0.39, 0.29) is 18.4 Å². The van der Waals surface area contributed by atoms with Crippen molar-refractivity contribution in [3.63, 3.8) is 0 Å². The summed E-state index contributed by atoms with van der Waals surface area (Å²) in [7, 11) is 0. The topological polar surface area (TPSA) is 70.6 Å². The van der Waals surface area contributed by atoms with Gasteiger partial charge >= 0.3 is 0 Å². The van der Waals surface area contributed by atoms with Crippen molar-refractivity contribution in [3.8, 4) is 5.75 Å². The maximum Gasteiger partial charge on any atom is 0.179 e. The third-order valence-corrected chi connectivity index (χ3v) is 3.39. The molecule has 0 radical (unpaired) electrons. The van der Waals surface area contributed by atoms with Gasteiger partial charge in [0.2, 0.25) is 0 Å². The number of ether oxygens (including phenoxy) is 1. The molecular weight excluding hydrogens is 256 g/mol. The van der Waals surface area contributed by atoms with Crippen LogP contribution in [0.5, 0.6) is 5.75 Å². The number of aliphatic hydroxyl groups excluding tert-OH is 1. The number of carbonyl (C=O) groups excluding carboxylic acids is 1. The highest BCUT2D eigenvalue weighted by molar-refractivity contribution is 6.01. The van der Waals surface area contributed by atoms with Crippen molar-refractivity contribution in [2.75, 3.05) is 31.6 Å². The number of nitrogens with one attached hydrogen (secondary N) is 2. The molecular formula is C15H22N2O3. The maximum absolute atomic E-state index is 12.5. The number of hydrogen-bond acceptors (Lipinski definition) is 5. The molecule has 5 heteroatoms. The van der Waals surface area contributed by atoms with E-state index in [2.05, 4.69) is 10.6 Å². The average molecular weight is 278 g/mol. The molecule has 1 heterocycles. The molecule has 1 aliphatic heterocycles. The van der Waals surface area contributed by atoms with Gasteiger partial charge in [-0.15, -0.1) is 0 Å². The van der Waals surface area contributed by atoms with Gasteiger partial charge in [-0.3, -0.25) is 4.79 Å². The van der Waals surface area contributed by atoms with Crippen LogP contribution < -0.4 is 15.4 Å². The number of ketones is 1. The third-order valence-electron chi connectivity index (χ3n) is 3.39. The minimum absolute atomic E-state index is 0.0839. The first-order valence-corrected chi connectivity index (χ1v) is 7.15. The van der Waals surface area contributed by atoms with Crippen LogP contribution in [-0.2, 0) is 0 Å². The number of hydrogen-bond donors (Lipinski definition) is 3. The number of anilines is 1. The van der Waals surface area contributed by atoms with Crippen LogP contribution in [0.2, 0.25) is 0 Å². The van der Waals surface area contributed by atoms with E-state index in [1.54, 1.807) is 0 Å². The summed E-state index contributed by atoms with van der Waals surface area (Å²) in [5.41, 5.74) is 1.57. The minimum Gasteiger partial charge on any atom is -0.490 e. The molecule has 0 aliphatic carbocycles. The van der Waals surface area contributed by atoms with Crippen molar-refractivity contribution < 1.29 is 14.6 Å². The Labute approximate surface area is 119 Å². The molecule has 1 atom stereocenters. The van der Waals surface area contributed by atoms with E-state index in [0.717, 1.165) is 24.4 Å². The van der Waals surface area contributed by atoms with Crippen LogP contribution >= 0.6 is 0 Å². The molecule has 0 amide bonds. The maximum atomic E-state index is 12.5. The molecule has 0 spiro atoms. The van der Waals surface area contributed by atoms with Gasteiger partial charge in [0.25, 0.3) is 0 Å². The summed E-state index contributed by atoms with van der Waals surface area (Å²) in [6.45, 7) is 4.18. The highest BCUT2D eigenvalue weighted by Crippen LogP contribution is 2.28. The summed E-state index contributed by atoms with van der Waals surface area (Å²) in [4.78, 5) is 12.5. The second-order valence-electron chi connectivity index (χ2n) is 4.84. The highest BCUT2D eigenvalue weighted by Gasteiger charge is 2.19. The van der Waals surface area contributed by atoms with Gasteiger partial charge in [0.1, 0.15) is 12.4 Å². The molecule has 110 valence electrons. The van der Waals surface area contributed by atoms with Crippen molar-refractivity contribution >= 4 is 11.5 Å². The molecule has 5 nitrogen and oxygen atoms in total. The smallest absolute Gasteiger partial charge is 0.179 e. The van der Waals surface area contributed by atoms with Gasteiger partial charge in [-0.1, -0.05) is 6.92 Å². The largest absolute Gasteiger partial charge is 0.490 e. The van der Waals surface area contributed by atoms with Crippen molar-refractivity contribution in [1.82, 2.24) is 5.32 Å². The van der Waals surface area contributed by atoms with Crippen LogP contribution in [0.3, 0.4) is 0 Å². The lowest BCUT2D eigenvalue weighted by Gasteiger charge is -2.21. The van der Waals surface area contributed by atoms with Crippen molar-refractivity contribution in [2.24, 2.45) is 0 Å². The second kappa shape index (κ2) is 7.26. The highest BCUT2D eigenvalue weighted by atomic mass is 16.5. The van der Waals surface area contributed by atoms with Crippen molar-refractivity contribution in [1.29, 1.82) is 0 Å². The Morgan fingerprint density at radius 3 is 3.15 bits per heavy atom. The molecule has 0 saturated carbocycles. The number of aliphatic hydroxyl groups is 1. The Morgan fingerprint density at radius 2 is 2.40 bits per heavy atom. The second-order valence-corrected chi connectivity index (χ2v) is 4.84. The van der Waals surface area contributed by atoms with E-state index in [1.807, 2.05) is 25.1 Å². The number of carbonyl (C=O) groups is 1. The predicted octanol–water partition coefficient (Wildman–Crippen LogP) is 1.42. The van der Waals surface area contributed by atoms with Crippen LogP contribution in [-0.4, -0.2) is 43.2 Å². The molecule has 1 aliphatic rings. The molecule has 0 aromatic heterocycles. The Kier molecular flexibility index (Phi) is 5.38. The summed E-state index contributed by atoms with van der Waals surface area (Å²) in [5.74, 6) is 0.884. The van der Waals surface area contributed by atoms with Gasteiger partial charge in [-0.2, -0.15) is 0 Å². The first kappa shape index (κ1) is 14.8. The Bertz CT molecular complexity index is 462. The third kappa shape index (κ3) is 3.49. The normalized spacial score (nSPS) is 14.9.